The van der Waals surface area contributed by atoms with Crippen LogP contribution in [0.3, 0.4) is 0 Å². The van der Waals surface area contributed by atoms with Gasteiger partial charge in [0.2, 0.25) is 5.91 Å². The first kappa shape index (κ1) is 17.0. The molecular formula is C17H18N4O3S. The molecule has 1 aromatic carbocycles. The van der Waals surface area contributed by atoms with E-state index in [2.05, 4.69) is 20.8 Å². The summed E-state index contributed by atoms with van der Waals surface area (Å²) in [6, 6.07) is 8.72. The van der Waals surface area contributed by atoms with Crippen molar-refractivity contribution in [2.45, 2.75) is 13.3 Å². The fraction of sp³-hybridized carbons (Fsp3) is 0.235. The molecule has 2 heterocycles. The Kier molecular flexibility index (Phi) is 4.99. The van der Waals surface area contributed by atoms with Gasteiger partial charge in [0.1, 0.15) is 16.4 Å². The van der Waals surface area contributed by atoms with E-state index in [1.54, 1.807) is 31.4 Å². The number of nitrogens with one attached hydrogen (secondary N) is 3. The van der Waals surface area contributed by atoms with Gasteiger partial charge in [0, 0.05) is 17.0 Å². The predicted molar refractivity (Wildman–Crippen MR) is 97.3 cm³/mol. The van der Waals surface area contributed by atoms with Crippen LogP contribution in [0.4, 0.5) is 5.82 Å². The maximum Gasteiger partial charge on any atom is 0.256 e. The highest BCUT2D eigenvalue weighted by Crippen LogP contribution is 2.29. The zero-order valence-electron chi connectivity index (χ0n) is 13.9. The number of fused-ring (bicyclic) bond motifs is 1. The van der Waals surface area contributed by atoms with Crippen molar-refractivity contribution in [2.24, 2.45) is 0 Å². The van der Waals surface area contributed by atoms with Crippen molar-refractivity contribution in [1.82, 2.24) is 15.5 Å². The molecule has 8 heteroatoms. The molecule has 0 aliphatic rings. The average molecular weight is 358 g/mol. The summed E-state index contributed by atoms with van der Waals surface area (Å²) >= 11 is 1.43. The predicted octanol–water partition coefficient (Wildman–Crippen LogP) is 2.56. The van der Waals surface area contributed by atoms with Crippen molar-refractivity contribution in [3.63, 3.8) is 0 Å². The van der Waals surface area contributed by atoms with E-state index in [1.807, 2.05) is 13.0 Å². The van der Waals surface area contributed by atoms with E-state index in [1.165, 1.54) is 11.3 Å². The Morgan fingerprint density at radius 3 is 2.72 bits per heavy atom. The second-order valence-electron chi connectivity index (χ2n) is 5.34. The molecule has 25 heavy (non-hydrogen) atoms. The highest BCUT2D eigenvalue weighted by molar-refractivity contribution is 7.18. The van der Waals surface area contributed by atoms with Crippen molar-refractivity contribution in [3.8, 4) is 5.75 Å². The van der Waals surface area contributed by atoms with E-state index in [-0.39, 0.29) is 11.8 Å². The Morgan fingerprint density at radius 2 is 2.04 bits per heavy atom. The Bertz CT molecular complexity index is 898. The molecule has 0 spiro atoms. The van der Waals surface area contributed by atoms with Crippen LogP contribution >= 0.6 is 11.3 Å². The molecule has 0 atom stereocenters. The molecule has 0 unspecified atom stereocenters. The van der Waals surface area contributed by atoms with Gasteiger partial charge in [0.25, 0.3) is 5.91 Å². The van der Waals surface area contributed by atoms with Crippen LogP contribution in [-0.2, 0) is 11.2 Å². The van der Waals surface area contributed by atoms with Gasteiger partial charge in [0.05, 0.1) is 18.9 Å². The minimum absolute atomic E-state index is 0.0285. The van der Waals surface area contributed by atoms with Gasteiger partial charge in [-0.1, -0.05) is 0 Å². The molecular weight excluding hydrogens is 340 g/mol. The number of likely N-dealkylation sites (N-methyl/N-ethyl adjacent to an activating group) is 1. The lowest BCUT2D eigenvalue weighted by Gasteiger charge is -2.04. The van der Waals surface area contributed by atoms with E-state index in [0.717, 1.165) is 15.1 Å². The van der Waals surface area contributed by atoms with Crippen molar-refractivity contribution in [2.75, 3.05) is 19.0 Å². The van der Waals surface area contributed by atoms with Crippen LogP contribution in [0.1, 0.15) is 22.2 Å². The van der Waals surface area contributed by atoms with Gasteiger partial charge in [-0.25, -0.2) is 0 Å². The molecule has 130 valence electrons. The smallest absolute Gasteiger partial charge is 0.256 e. The third-order valence-corrected chi connectivity index (χ3v) is 4.63. The largest absolute Gasteiger partial charge is 0.497 e. The second-order valence-corrected chi connectivity index (χ2v) is 6.46. The number of aromatic nitrogens is 2. The monoisotopic (exact) mass is 358 g/mol. The topological polar surface area (TPSA) is 96.1 Å². The quantitative estimate of drug-likeness (QED) is 0.631. The summed E-state index contributed by atoms with van der Waals surface area (Å²) < 4.78 is 5.09. The van der Waals surface area contributed by atoms with Crippen molar-refractivity contribution < 1.29 is 14.3 Å². The van der Waals surface area contributed by atoms with Gasteiger partial charge in [-0.05, 0) is 37.3 Å². The Morgan fingerprint density at radius 1 is 1.28 bits per heavy atom. The molecule has 0 aliphatic carbocycles. The number of hydrogen-bond donors (Lipinski definition) is 3. The first-order chi connectivity index (χ1) is 12.1. The van der Waals surface area contributed by atoms with E-state index in [0.29, 0.717) is 30.1 Å². The number of thiophene rings is 1. The first-order valence-electron chi connectivity index (χ1n) is 7.79. The molecule has 0 aliphatic heterocycles. The van der Waals surface area contributed by atoms with Gasteiger partial charge < -0.3 is 15.4 Å². The Hall–Kier alpha value is -2.87. The van der Waals surface area contributed by atoms with Crippen molar-refractivity contribution in [1.29, 1.82) is 0 Å². The van der Waals surface area contributed by atoms with Crippen LogP contribution in [0, 0.1) is 0 Å². The number of carbonyl (C=O) groups is 2. The van der Waals surface area contributed by atoms with Crippen LogP contribution < -0.4 is 15.4 Å². The lowest BCUT2D eigenvalue weighted by Crippen LogP contribution is -2.23. The van der Waals surface area contributed by atoms with Gasteiger partial charge in [-0.2, -0.15) is 5.10 Å². The number of aromatic amines is 1. The molecule has 3 rings (SSSR count). The third kappa shape index (κ3) is 3.80. The van der Waals surface area contributed by atoms with Crippen LogP contribution in [-0.4, -0.2) is 35.7 Å². The number of carbonyl (C=O) groups excluding carboxylic acids is 2. The van der Waals surface area contributed by atoms with E-state index >= 15 is 0 Å². The molecule has 2 amide bonds. The molecule has 0 bridgehead atoms. The summed E-state index contributed by atoms with van der Waals surface area (Å²) in [6.07, 6.45) is 0.306. The molecule has 2 aromatic heterocycles. The first-order valence-corrected chi connectivity index (χ1v) is 8.61. The van der Waals surface area contributed by atoms with Crippen LogP contribution in [0.5, 0.6) is 5.75 Å². The zero-order valence-corrected chi connectivity index (χ0v) is 14.7. The number of H-pyrrole nitrogens is 1. The maximum absolute atomic E-state index is 12.4. The van der Waals surface area contributed by atoms with E-state index in [4.69, 9.17) is 4.74 Å². The molecule has 0 saturated carbocycles. The third-order valence-electron chi connectivity index (χ3n) is 3.60. The minimum Gasteiger partial charge on any atom is -0.497 e. The summed E-state index contributed by atoms with van der Waals surface area (Å²) in [7, 11) is 1.57. The zero-order chi connectivity index (χ0) is 17.8. The highest BCUT2D eigenvalue weighted by Gasteiger charge is 2.15. The van der Waals surface area contributed by atoms with Crippen molar-refractivity contribution >= 4 is 39.2 Å². The van der Waals surface area contributed by atoms with Gasteiger partial charge in [-0.3, -0.25) is 14.7 Å². The summed E-state index contributed by atoms with van der Waals surface area (Å²) in [5.41, 5.74) is 0.515. The van der Waals surface area contributed by atoms with Gasteiger partial charge in [0.15, 0.2) is 0 Å². The molecule has 3 aromatic rings. The van der Waals surface area contributed by atoms with Gasteiger partial charge in [-0.15, -0.1) is 11.3 Å². The number of hydrogen-bond acceptors (Lipinski definition) is 5. The van der Waals surface area contributed by atoms with Crippen LogP contribution in [0.25, 0.3) is 10.2 Å². The van der Waals surface area contributed by atoms with Crippen molar-refractivity contribution in [3.05, 3.63) is 40.8 Å². The molecule has 0 saturated heterocycles. The Labute approximate surface area is 148 Å². The average Bonchev–Trinajstić information content (AvgIpc) is 3.16. The van der Waals surface area contributed by atoms with Crippen LogP contribution in [0.15, 0.2) is 30.3 Å². The minimum atomic E-state index is -0.246. The number of benzene rings is 1. The fourth-order valence-electron chi connectivity index (χ4n) is 2.39. The number of rotatable bonds is 6. The van der Waals surface area contributed by atoms with Crippen LogP contribution in [0.2, 0.25) is 0 Å². The van der Waals surface area contributed by atoms with E-state index < -0.39 is 0 Å². The number of amides is 2. The maximum atomic E-state index is 12.4. The molecule has 0 radical (unpaired) electrons. The summed E-state index contributed by atoms with van der Waals surface area (Å²) in [4.78, 5) is 25.7. The molecule has 0 fully saturated rings. The SMILES string of the molecule is CCNC(=O)Cc1cc2c(NC(=O)c3ccc(OC)cc3)[nH]nc2s1. The second kappa shape index (κ2) is 7.35. The Balaban J connectivity index is 1.75. The lowest BCUT2D eigenvalue weighted by atomic mass is 10.2. The standard InChI is InChI=1S/C17H18N4O3S/c1-3-18-14(22)9-12-8-13-15(20-21-17(13)25-12)19-16(23)10-4-6-11(24-2)7-5-10/h4-8H,3,9H2,1-2H3,(H,18,22)(H2,19,20,21,23). The van der Waals surface area contributed by atoms with E-state index in [9.17, 15) is 9.59 Å². The highest BCUT2D eigenvalue weighted by atomic mass is 32.1. The summed E-state index contributed by atoms with van der Waals surface area (Å²) in [5, 5.41) is 13.4. The number of ether oxygens (including phenoxy) is 1. The summed E-state index contributed by atoms with van der Waals surface area (Å²) in [6.45, 7) is 2.48. The molecule has 7 nitrogen and oxygen atoms in total. The molecule has 3 N–H and O–H groups in total. The lowest BCUT2D eigenvalue weighted by molar-refractivity contribution is -0.120. The summed E-state index contributed by atoms with van der Waals surface area (Å²) in [5.74, 6) is 0.936. The number of anilines is 1. The number of nitrogens with zero attached hydrogens (tertiary/aromatic N) is 1. The number of methoxy groups -OCH3 is 1. The normalized spacial score (nSPS) is 10.6. The fourth-order valence-corrected chi connectivity index (χ4v) is 3.38. The van der Waals surface area contributed by atoms with Gasteiger partial charge >= 0.3 is 0 Å².